The summed E-state index contributed by atoms with van der Waals surface area (Å²) in [5.74, 6) is 0. The van der Waals surface area contributed by atoms with E-state index in [1.165, 1.54) is 0 Å². The Morgan fingerprint density at radius 2 is 1.70 bits per heavy atom. The highest BCUT2D eigenvalue weighted by molar-refractivity contribution is 7.92. The SMILES string of the molecule is O=S1(=O)c2ccccc2[C@@]2(c3ccccc3)OCC[C@H]21. The summed E-state index contributed by atoms with van der Waals surface area (Å²) in [7, 11) is -3.31. The summed E-state index contributed by atoms with van der Waals surface area (Å²) in [6.07, 6.45) is 0.548. The number of hydrogen-bond acceptors (Lipinski definition) is 3. The van der Waals surface area contributed by atoms with E-state index < -0.39 is 20.7 Å². The monoisotopic (exact) mass is 286 g/mol. The van der Waals surface area contributed by atoms with Crippen LogP contribution in [0.4, 0.5) is 0 Å². The molecule has 2 atom stereocenters. The van der Waals surface area contributed by atoms with Crippen molar-refractivity contribution in [3.05, 3.63) is 65.7 Å². The average molecular weight is 286 g/mol. The molecule has 2 aromatic carbocycles. The van der Waals surface area contributed by atoms with Crippen LogP contribution in [-0.2, 0) is 20.2 Å². The molecule has 0 N–H and O–H groups in total. The summed E-state index contributed by atoms with van der Waals surface area (Å²) < 4.78 is 31.6. The molecule has 0 spiro atoms. The molecule has 2 heterocycles. The van der Waals surface area contributed by atoms with Gasteiger partial charge in [0.15, 0.2) is 9.84 Å². The number of fused-ring (bicyclic) bond motifs is 3. The van der Waals surface area contributed by atoms with Crippen molar-refractivity contribution >= 4 is 9.84 Å². The lowest BCUT2D eigenvalue weighted by molar-refractivity contribution is 0.0389. The van der Waals surface area contributed by atoms with Gasteiger partial charge < -0.3 is 4.74 Å². The van der Waals surface area contributed by atoms with Gasteiger partial charge in [0.2, 0.25) is 0 Å². The zero-order valence-corrected chi connectivity index (χ0v) is 11.6. The van der Waals surface area contributed by atoms with E-state index in [9.17, 15) is 8.42 Å². The Morgan fingerprint density at radius 1 is 1.00 bits per heavy atom. The maximum absolute atomic E-state index is 12.8. The Hall–Kier alpha value is -1.65. The Morgan fingerprint density at radius 3 is 2.50 bits per heavy atom. The van der Waals surface area contributed by atoms with Crippen molar-refractivity contribution in [2.24, 2.45) is 0 Å². The lowest BCUT2D eigenvalue weighted by atomic mass is 9.84. The first kappa shape index (κ1) is 12.1. The van der Waals surface area contributed by atoms with E-state index in [0.29, 0.717) is 17.9 Å². The van der Waals surface area contributed by atoms with Gasteiger partial charge in [0.25, 0.3) is 0 Å². The molecule has 2 aromatic rings. The molecular formula is C16H14O3S. The molecule has 1 saturated heterocycles. The molecule has 0 unspecified atom stereocenters. The van der Waals surface area contributed by atoms with Gasteiger partial charge in [-0.1, -0.05) is 48.5 Å². The van der Waals surface area contributed by atoms with Gasteiger partial charge in [-0.05, 0) is 18.1 Å². The Labute approximate surface area is 118 Å². The van der Waals surface area contributed by atoms with Crippen LogP contribution in [0, 0.1) is 0 Å². The van der Waals surface area contributed by atoms with Crippen molar-refractivity contribution < 1.29 is 13.2 Å². The van der Waals surface area contributed by atoms with Gasteiger partial charge in [-0.15, -0.1) is 0 Å². The molecule has 0 amide bonds. The van der Waals surface area contributed by atoms with Crippen molar-refractivity contribution in [2.75, 3.05) is 6.61 Å². The van der Waals surface area contributed by atoms with Gasteiger partial charge >= 0.3 is 0 Å². The first-order valence-corrected chi connectivity index (χ1v) is 8.25. The maximum Gasteiger partial charge on any atom is 0.185 e. The minimum absolute atomic E-state index is 0.425. The Bertz CT molecular complexity index is 767. The van der Waals surface area contributed by atoms with Crippen LogP contribution in [0.5, 0.6) is 0 Å². The van der Waals surface area contributed by atoms with E-state index >= 15 is 0 Å². The Balaban J connectivity index is 2.09. The number of sulfone groups is 1. The van der Waals surface area contributed by atoms with Crippen LogP contribution in [0.15, 0.2) is 59.5 Å². The van der Waals surface area contributed by atoms with Crippen molar-refractivity contribution in [2.45, 2.75) is 22.2 Å². The van der Waals surface area contributed by atoms with Gasteiger partial charge in [0, 0.05) is 12.2 Å². The van der Waals surface area contributed by atoms with Crippen LogP contribution in [0.2, 0.25) is 0 Å². The number of hydrogen-bond donors (Lipinski definition) is 0. The van der Waals surface area contributed by atoms with Gasteiger partial charge in [-0.25, -0.2) is 8.42 Å². The summed E-state index contributed by atoms with van der Waals surface area (Å²) in [5.41, 5.74) is 0.890. The van der Waals surface area contributed by atoms with Crippen LogP contribution in [-0.4, -0.2) is 20.3 Å². The zero-order valence-electron chi connectivity index (χ0n) is 10.8. The molecule has 2 aliphatic heterocycles. The van der Waals surface area contributed by atoms with Crippen molar-refractivity contribution in [1.29, 1.82) is 0 Å². The van der Waals surface area contributed by atoms with E-state index in [-0.39, 0.29) is 0 Å². The summed E-state index contributed by atoms with van der Waals surface area (Å²) in [6, 6.07) is 16.9. The number of benzene rings is 2. The first-order valence-electron chi connectivity index (χ1n) is 6.70. The molecule has 20 heavy (non-hydrogen) atoms. The van der Waals surface area contributed by atoms with Gasteiger partial charge in [-0.3, -0.25) is 0 Å². The van der Waals surface area contributed by atoms with Gasteiger partial charge in [-0.2, -0.15) is 0 Å². The van der Waals surface area contributed by atoms with E-state index in [2.05, 4.69) is 0 Å². The van der Waals surface area contributed by atoms with E-state index in [1.54, 1.807) is 12.1 Å². The second-order valence-corrected chi connectivity index (χ2v) is 7.37. The third-order valence-corrected chi connectivity index (χ3v) is 6.62. The molecule has 2 aliphatic rings. The molecule has 102 valence electrons. The fourth-order valence-corrected chi connectivity index (χ4v) is 5.81. The fourth-order valence-electron chi connectivity index (χ4n) is 3.53. The predicted molar refractivity (Wildman–Crippen MR) is 75.2 cm³/mol. The van der Waals surface area contributed by atoms with Gasteiger partial charge in [0.1, 0.15) is 10.9 Å². The summed E-state index contributed by atoms with van der Waals surface area (Å²) >= 11 is 0. The van der Waals surface area contributed by atoms with Crippen LogP contribution in [0.1, 0.15) is 17.5 Å². The second kappa shape index (κ2) is 3.93. The maximum atomic E-state index is 12.8. The minimum atomic E-state index is -3.31. The van der Waals surface area contributed by atoms with Crippen LogP contribution >= 0.6 is 0 Å². The van der Waals surface area contributed by atoms with E-state index in [4.69, 9.17) is 4.74 Å². The quantitative estimate of drug-likeness (QED) is 0.809. The Kier molecular flexibility index (Phi) is 2.38. The molecule has 0 aliphatic carbocycles. The molecule has 1 fully saturated rings. The molecular weight excluding hydrogens is 272 g/mol. The highest BCUT2D eigenvalue weighted by Gasteiger charge is 2.60. The lowest BCUT2D eigenvalue weighted by Crippen LogP contribution is -2.36. The average Bonchev–Trinajstić information content (AvgIpc) is 3.01. The molecule has 0 saturated carbocycles. The van der Waals surface area contributed by atoms with E-state index in [0.717, 1.165) is 11.1 Å². The third kappa shape index (κ3) is 1.30. The van der Waals surface area contributed by atoms with Crippen LogP contribution in [0.3, 0.4) is 0 Å². The minimum Gasteiger partial charge on any atom is -0.364 e. The molecule has 0 aromatic heterocycles. The number of rotatable bonds is 1. The second-order valence-electron chi connectivity index (χ2n) is 5.27. The predicted octanol–water partition coefficient (Wildman–Crippen LogP) is 2.51. The van der Waals surface area contributed by atoms with Gasteiger partial charge in [0.05, 0.1) is 4.90 Å². The molecule has 0 bridgehead atoms. The standard InChI is InChI=1S/C16H14O3S/c17-20(18)14-9-5-4-8-13(14)16(15(20)10-11-19-16)12-6-2-1-3-7-12/h1-9,15H,10-11H2/t15-,16-/m1/s1. The summed E-state index contributed by atoms with van der Waals surface area (Å²) in [4.78, 5) is 0.425. The third-order valence-electron chi connectivity index (χ3n) is 4.33. The van der Waals surface area contributed by atoms with Crippen molar-refractivity contribution in [3.63, 3.8) is 0 Å². The molecule has 3 nitrogen and oxygen atoms in total. The van der Waals surface area contributed by atoms with Crippen LogP contribution in [0.25, 0.3) is 0 Å². The van der Waals surface area contributed by atoms with E-state index in [1.807, 2.05) is 42.5 Å². The number of ether oxygens (including phenoxy) is 1. The molecule has 4 heteroatoms. The smallest absolute Gasteiger partial charge is 0.185 e. The lowest BCUT2D eigenvalue weighted by Gasteiger charge is -2.29. The molecule has 4 rings (SSSR count). The van der Waals surface area contributed by atoms with Crippen LogP contribution < -0.4 is 0 Å². The molecule has 0 radical (unpaired) electrons. The highest BCUT2D eigenvalue weighted by Crippen LogP contribution is 2.54. The first-order chi connectivity index (χ1) is 9.67. The summed E-state index contributed by atoms with van der Waals surface area (Å²) in [6.45, 7) is 0.479. The fraction of sp³-hybridized carbons (Fsp3) is 0.250. The van der Waals surface area contributed by atoms with Crippen molar-refractivity contribution in [3.8, 4) is 0 Å². The highest BCUT2D eigenvalue weighted by atomic mass is 32.2. The topological polar surface area (TPSA) is 43.4 Å². The summed E-state index contributed by atoms with van der Waals surface area (Å²) in [5, 5.41) is -0.505. The van der Waals surface area contributed by atoms with Crippen molar-refractivity contribution in [1.82, 2.24) is 0 Å². The zero-order chi connectivity index (χ0) is 13.8. The largest absolute Gasteiger partial charge is 0.364 e. The normalized spacial score (nSPS) is 29.9.